The van der Waals surface area contributed by atoms with Gasteiger partial charge in [0.1, 0.15) is 11.8 Å². The number of carbonyl (C=O) groups is 1. The summed E-state index contributed by atoms with van der Waals surface area (Å²) in [4.78, 5) is 13.2. The Kier molecular flexibility index (Phi) is 4.29. The van der Waals surface area contributed by atoms with E-state index in [9.17, 15) is 4.79 Å². The summed E-state index contributed by atoms with van der Waals surface area (Å²) >= 11 is 0. The fourth-order valence-corrected chi connectivity index (χ4v) is 3.19. The van der Waals surface area contributed by atoms with Crippen LogP contribution in [-0.4, -0.2) is 33.2 Å². The third kappa shape index (κ3) is 3.01. The predicted molar refractivity (Wildman–Crippen MR) is 100 cm³/mol. The van der Waals surface area contributed by atoms with E-state index in [2.05, 4.69) is 26.2 Å². The second-order valence-corrected chi connectivity index (χ2v) is 6.08. The van der Waals surface area contributed by atoms with Crippen molar-refractivity contribution < 1.29 is 9.53 Å². The van der Waals surface area contributed by atoms with Crippen LogP contribution in [0.3, 0.4) is 0 Å². The highest BCUT2D eigenvalue weighted by atomic mass is 16.5. The summed E-state index contributed by atoms with van der Waals surface area (Å²) in [6.07, 6.45) is 0. The maximum Gasteiger partial charge on any atom is 0.255 e. The van der Waals surface area contributed by atoms with Crippen LogP contribution < -0.4 is 15.4 Å². The normalized spacial score (nSPS) is 15.7. The van der Waals surface area contributed by atoms with E-state index in [1.807, 2.05) is 49.4 Å². The van der Waals surface area contributed by atoms with Crippen LogP contribution in [0.2, 0.25) is 0 Å². The van der Waals surface area contributed by atoms with Crippen molar-refractivity contribution >= 4 is 17.5 Å². The van der Waals surface area contributed by atoms with Gasteiger partial charge in [0, 0.05) is 5.70 Å². The predicted octanol–water partition coefficient (Wildman–Crippen LogP) is 2.61. The Balaban J connectivity index is 1.76. The van der Waals surface area contributed by atoms with E-state index in [0.29, 0.717) is 28.7 Å². The van der Waals surface area contributed by atoms with E-state index in [1.54, 1.807) is 23.9 Å². The molecule has 0 saturated heterocycles. The van der Waals surface area contributed by atoms with Crippen molar-refractivity contribution in [1.29, 1.82) is 0 Å². The number of carbonyl (C=O) groups excluding carboxylic acids is 1. The lowest BCUT2D eigenvalue weighted by Crippen LogP contribution is -2.31. The zero-order chi connectivity index (χ0) is 18.8. The quantitative estimate of drug-likeness (QED) is 0.741. The number of para-hydroxylation sites is 2. The van der Waals surface area contributed by atoms with E-state index < -0.39 is 6.04 Å². The summed E-state index contributed by atoms with van der Waals surface area (Å²) in [5, 5.41) is 17.9. The van der Waals surface area contributed by atoms with Gasteiger partial charge in [0.05, 0.1) is 18.4 Å². The number of allylic oxidation sites excluding steroid dienone is 1. The smallest absolute Gasteiger partial charge is 0.255 e. The number of hydrogen-bond donors (Lipinski definition) is 2. The van der Waals surface area contributed by atoms with Crippen LogP contribution in [0.5, 0.6) is 5.75 Å². The number of hydrogen-bond acceptors (Lipinski definition) is 6. The molecule has 1 atom stereocenters. The van der Waals surface area contributed by atoms with Gasteiger partial charge in [0.25, 0.3) is 5.91 Å². The molecule has 2 N–H and O–H groups in total. The van der Waals surface area contributed by atoms with Crippen molar-refractivity contribution in [3.63, 3.8) is 0 Å². The number of nitrogens with one attached hydrogen (secondary N) is 2. The second-order valence-electron chi connectivity index (χ2n) is 6.08. The van der Waals surface area contributed by atoms with Crippen molar-refractivity contribution in [3.8, 4) is 5.75 Å². The third-order valence-corrected chi connectivity index (χ3v) is 4.43. The molecule has 2 aromatic carbocycles. The number of methoxy groups -OCH3 is 1. The van der Waals surface area contributed by atoms with E-state index in [-0.39, 0.29) is 5.91 Å². The van der Waals surface area contributed by atoms with Gasteiger partial charge in [0.15, 0.2) is 0 Å². The van der Waals surface area contributed by atoms with Crippen LogP contribution in [0.1, 0.15) is 18.5 Å². The molecule has 1 aromatic heterocycles. The molecule has 0 unspecified atom stereocenters. The summed E-state index contributed by atoms with van der Waals surface area (Å²) < 4.78 is 6.94. The average molecular weight is 362 g/mol. The van der Waals surface area contributed by atoms with E-state index in [1.165, 1.54) is 0 Å². The number of anilines is 2. The molecule has 0 aliphatic carbocycles. The van der Waals surface area contributed by atoms with Gasteiger partial charge in [-0.2, -0.15) is 4.68 Å². The molecule has 8 nitrogen and oxygen atoms in total. The molecule has 1 aliphatic heterocycles. The Bertz CT molecular complexity index is 1010. The van der Waals surface area contributed by atoms with Crippen LogP contribution >= 0.6 is 0 Å². The summed E-state index contributed by atoms with van der Waals surface area (Å²) in [5.41, 5.74) is 2.74. The minimum absolute atomic E-state index is 0.250. The Morgan fingerprint density at radius 2 is 1.89 bits per heavy atom. The van der Waals surface area contributed by atoms with Crippen LogP contribution in [-0.2, 0) is 4.79 Å². The summed E-state index contributed by atoms with van der Waals surface area (Å²) in [6, 6.07) is 16.5. The molecule has 0 radical (unpaired) electrons. The first-order chi connectivity index (χ1) is 13.2. The molecule has 8 heteroatoms. The third-order valence-electron chi connectivity index (χ3n) is 4.43. The number of amides is 1. The molecule has 27 heavy (non-hydrogen) atoms. The number of fused-ring (bicyclic) bond motifs is 1. The lowest BCUT2D eigenvalue weighted by molar-refractivity contribution is -0.113. The highest BCUT2D eigenvalue weighted by molar-refractivity contribution is 6.06. The molecule has 2 heterocycles. The molecule has 0 spiro atoms. The summed E-state index contributed by atoms with van der Waals surface area (Å²) in [5.74, 6) is 0.835. The molecule has 0 bridgehead atoms. The molecule has 1 amide bonds. The van der Waals surface area contributed by atoms with Gasteiger partial charge in [-0.25, -0.2) is 0 Å². The largest absolute Gasteiger partial charge is 0.495 e. The van der Waals surface area contributed by atoms with Crippen LogP contribution in [0.4, 0.5) is 11.6 Å². The Hall–Kier alpha value is -3.68. The van der Waals surface area contributed by atoms with Gasteiger partial charge >= 0.3 is 0 Å². The zero-order valence-corrected chi connectivity index (χ0v) is 14.9. The van der Waals surface area contributed by atoms with Gasteiger partial charge in [-0.3, -0.25) is 4.79 Å². The van der Waals surface area contributed by atoms with Crippen LogP contribution in [0.25, 0.3) is 0 Å². The van der Waals surface area contributed by atoms with Gasteiger partial charge in [-0.15, -0.1) is 0 Å². The van der Waals surface area contributed by atoms with Gasteiger partial charge < -0.3 is 15.4 Å². The molecule has 0 fully saturated rings. The maximum absolute atomic E-state index is 13.2. The van der Waals surface area contributed by atoms with Crippen molar-refractivity contribution in [1.82, 2.24) is 20.2 Å². The Morgan fingerprint density at radius 3 is 2.67 bits per heavy atom. The summed E-state index contributed by atoms with van der Waals surface area (Å²) in [6.45, 7) is 1.84. The van der Waals surface area contributed by atoms with E-state index in [0.717, 1.165) is 5.56 Å². The van der Waals surface area contributed by atoms with Crippen molar-refractivity contribution in [3.05, 3.63) is 71.4 Å². The van der Waals surface area contributed by atoms with Crippen molar-refractivity contribution in [2.24, 2.45) is 0 Å². The molecular weight excluding hydrogens is 344 g/mol. The molecule has 1 aliphatic rings. The first kappa shape index (κ1) is 16.8. The maximum atomic E-state index is 13.2. The Morgan fingerprint density at radius 1 is 1.15 bits per heavy atom. The molecule has 4 rings (SSSR count). The van der Waals surface area contributed by atoms with E-state index in [4.69, 9.17) is 4.74 Å². The first-order valence-electron chi connectivity index (χ1n) is 8.44. The molecule has 3 aromatic rings. The van der Waals surface area contributed by atoms with Gasteiger partial charge in [-0.1, -0.05) is 47.6 Å². The SMILES string of the molecule is COc1ccccc1NC(=O)C1=C(C)Nc2nnnn2[C@H]1c1ccccc1. The zero-order valence-electron chi connectivity index (χ0n) is 14.9. The molecular formula is C19H18N6O2. The number of benzene rings is 2. The number of rotatable bonds is 4. The van der Waals surface area contributed by atoms with Crippen LogP contribution in [0.15, 0.2) is 65.9 Å². The van der Waals surface area contributed by atoms with E-state index >= 15 is 0 Å². The lowest BCUT2D eigenvalue weighted by Gasteiger charge is -2.28. The topological polar surface area (TPSA) is 94.0 Å². The number of nitrogens with zero attached hydrogens (tertiary/aromatic N) is 4. The standard InChI is InChI=1S/C19H18N6O2/c1-12-16(18(26)21-14-10-6-7-11-15(14)27-2)17(13-8-4-3-5-9-13)25-19(20-12)22-23-24-25/h3-11,17H,1-2H3,(H,21,26)(H,20,22,24)/t17-/m0/s1. The minimum atomic E-state index is -0.438. The average Bonchev–Trinajstić information content (AvgIpc) is 3.15. The minimum Gasteiger partial charge on any atom is -0.495 e. The number of aromatic nitrogens is 4. The van der Waals surface area contributed by atoms with Gasteiger partial charge in [0.2, 0.25) is 5.95 Å². The van der Waals surface area contributed by atoms with Crippen molar-refractivity contribution in [2.45, 2.75) is 13.0 Å². The Labute approximate surface area is 155 Å². The molecule has 0 saturated carbocycles. The van der Waals surface area contributed by atoms with Crippen LogP contribution in [0, 0.1) is 0 Å². The lowest BCUT2D eigenvalue weighted by atomic mass is 9.95. The fourth-order valence-electron chi connectivity index (χ4n) is 3.19. The second kappa shape index (κ2) is 6.91. The van der Waals surface area contributed by atoms with Gasteiger partial charge in [-0.05, 0) is 35.0 Å². The first-order valence-corrected chi connectivity index (χ1v) is 8.44. The number of tetrazole rings is 1. The number of ether oxygens (including phenoxy) is 1. The van der Waals surface area contributed by atoms with Crippen molar-refractivity contribution in [2.75, 3.05) is 17.7 Å². The fraction of sp³-hybridized carbons (Fsp3) is 0.158. The monoisotopic (exact) mass is 362 g/mol. The highest BCUT2D eigenvalue weighted by Gasteiger charge is 2.34. The summed E-state index contributed by atoms with van der Waals surface area (Å²) in [7, 11) is 1.57. The highest BCUT2D eigenvalue weighted by Crippen LogP contribution is 2.35. The molecule has 136 valence electrons.